The minimum absolute atomic E-state index is 0.119. The Hall–Kier alpha value is -3.60. The van der Waals surface area contributed by atoms with Crippen molar-refractivity contribution in [2.45, 2.75) is 6.04 Å². The quantitative estimate of drug-likeness (QED) is 0.667. The number of methoxy groups -OCH3 is 1. The average Bonchev–Trinajstić information content (AvgIpc) is 2.77. The molecular weight excluding hydrogens is 352 g/mol. The van der Waals surface area contributed by atoms with Gasteiger partial charge >= 0.3 is 0 Å². The zero-order chi connectivity index (χ0) is 19.8. The van der Waals surface area contributed by atoms with Crippen molar-refractivity contribution >= 4 is 11.8 Å². The number of amides is 2. The molecule has 0 bridgehead atoms. The van der Waals surface area contributed by atoms with Crippen molar-refractivity contribution in [1.29, 1.82) is 0 Å². The molecule has 3 aromatic rings. The molecule has 28 heavy (non-hydrogen) atoms. The Balaban J connectivity index is 1.66. The summed E-state index contributed by atoms with van der Waals surface area (Å²) in [6, 6.07) is 26.0. The summed E-state index contributed by atoms with van der Waals surface area (Å²) in [5.41, 5.74) is 2.39. The molecule has 0 aliphatic rings. The third kappa shape index (κ3) is 4.98. The summed E-state index contributed by atoms with van der Waals surface area (Å²) in [6.45, 7) is -0.119. The smallest absolute Gasteiger partial charge is 0.251 e. The van der Waals surface area contributed by atoms with Gasteiger partial charge in [-0.1, -0.05) is 66.7 Å². The van der Waals surface area contributed by atoms with Crippen LogP contribution >= 0.6 is 0 Å². The van der Waals surface area contributed by atoms with Crippen LogP contribution in [-0.2, 0) is 4.79 Å². The van der Waals surface area contributed by atoms with Crippen molar-refractivity contribution < 1.29 is 14.3 Å². The Morgan fingerprint density at radius 3 is 2.04 bits per heavy atom. The van der Waals surface area contributed by atoms with E-state index in [1.54, 1.807) is 24.3 Å². The van der Waals surface area contributed by atoms with Gasteiger partial charge in [-0.3, -0.25) is 9.59 Å². The Bertz CT molecular complexity index is 887. The lowest BCUT2D eigenvalue weighted by atomic mass is 9.99. The lowest BCUT2D eigenvalue weighted by Gasteiger charge is -2.20. The largest absolute Gasteiger partial charge is 0.497 e. The number of carbonyl (C=O) groups excluding carboxylic acids is 2. The SMILES string of the molecule is COc1cccc(C(=O)NCC(=O)NC(c2ccccc2)c2ccccc2)c1. The van der Waals surface area contributed by atoms with Crippen molar-refractivity contribution in [3.63, 3.8) is 0 Å². The molecule has 3 rings (SSSR count). The molecule has 142 valence electrons. The van der Waals surface area contributed by atoms with Crippen molar-refractivity contribution in [3.8, 4) is 5.75 Å². The van der Waals surface area contributed by atoms with Gasteiger partial charge in [-0.15, -0.1) is 0 Å². The molecule has 2 amide bonds. The van der Waals surface area contributed by atoms with Gasteiger partial charge in [0.25, 0.3) is 5.91 Å². The van der Waals surface area contributed by atoms with E-state index in [9.17, 15) is 9.59 Å². The van der Waals surface area contributed by atoms with E-state index in [0.717, 1.165) is 11.1 Å². The average molecular weight is 374 g/mol. The topological polar surface area (TPSA) is 67.4 Å². The standard InChI is InChI=1S/C23H22N2O3/c1-28-20-14-8-13-19(15-20)23(27)24-16-21(26)25-22(17-9-4-2-5-10-17)18-11-6-3-7-12-18/h2-15,22H,16H2,1H3,(H,24,27)(H,25,26). The number of rotatable bonds is 7. The second-order valence-electron chi connectivity index (χ2n) is 6.24. The van der Waals surface area contributed by atoms with E-state index in [2.05, 4.69) is 10.6 Å². The molecule has 0 radical (unpaired) electrons. The summed E-state index contributed by atoms with van der Waals surface area (Å²) in [5, 5.41) is 5.65. The van der Waals surface area contributed by atoms with Gasteiger partial charge in [-0.05, 0) is 29.3 Å². The van der Waals surface area contributed by atoms with Crippen LogP contribution in [0.4, 0.5) is 0 Å². The van der Waals surface area contributed by atoms with Gasteiger partial charge in [-0.25, -0.2) is 0 Å². The number of carbonyl (C=O) groups is 2. The fraction of sp³-hybridized carbons (Fsp3) is 0.130. The summed E-state index contributed by atoms with van der Waals surface area (Å²) in [6.07, 6.45) is 0. The maximum atomic E-state index is 12.5. The van der Waals surface area contributed by atoms with Gasteiger partial charge in [0.1, 0.15) is 5.75 Å². The fourth-order valence-electron chi connectivity index (χ4n) is 2.89. The molecule has 0 spiro atoms. The van der Waals surface area contributed by atoms with Crippen molar-refractivity contribution in [3.05, 3.63) is 102 Å². The third-order valence-electron chi connectivity index (χ3n) is 4.31. The lowest BCUT2D eigenvalue weighted by Crippen LogP contribution is -2.39. The molecule has 0 heterocycles. The number of hydrogen-bond donors (Lipinski definition) is 2. The lowest BCUT2D eigenvalue weighted by molar-refractivity contribution is -0.120. The molecule has 5 heteroatoms. The first-order chi connectivity index (χ1) is 13.7. The van der Waals surface area contributed by atoms with Crippen LogP contribution in [0.5, 0.6) is 5.75 Å². The normalized spacial score (nSPS) is 10.4. The summed E-state index contributed by atoms with van der Waals surface area (Å²) in [7, 11) is 1.54. The minimum atomic E-state index is -0.329. The summed E-state index contributed by atoms with van der Waals surface area (Å²) >= 11 is 0. The predicted octanol–water partition coefficient (Wildman–Crippen LogP) is 3.33. The van der Waals surface area contributed by atoms with E-state index in [0.29, 0.717) is 11.3 Å². The molecular formula is C23H22N2O3. The van der Waals surface area contributed by atoms with Crippen molar-refractivity contribution in [2.75, 3.05) is 13.7 Å². The van der Waals surface area contributed by atoms with Gasteiger partial charge in [0.15, 0.2) is 0 Å². The zero-order valence-corrected chi connectivity index (χ0v) is 15.6. The Labute approximate surface area is 164 Å². The second kappa shape index (κ2) is 9.37. The maximum Gasteiger partial charge on any atom is 0.251 e. The van der Waals surface area contributed by atoms with E-state index in [1.807, 2.05) is 60.7 Å². The summed E-state index contributed by atoms with van der Waals surface area (Å²) in [4.78, 5) is 24.8. The van der Waals surface area contributed by atoms with Crippen LogP contribution in [0.15, 0.2) is 84.9 Å². The molecule has 3 aromatic carbocycles. The molecule has 0 atom stereocenters. The van der Waals surface area contributed by atoms with E-state index >= 15 is 0 Å². The first kappa shape index (κ1) is 19.2. The number of ether oxygens (including phenoxy) is 1. The molecule has 0 aliphatic carbocycles. The highest BCUT2D eigenvalue weighted by atomic mass is 16.5. The molecule has 0 aliphatic heterocycles. The maximum absolute atomic E-state index is 12.5. The molecule has 0 saturated heterocycles. The molecule has 0 fully saturated rings. The monoisotopic (exact) mass is 374 g/mol. The van der Waals surface area contributed by atoms with Crippen LogP contribution in [0.1, 0.15) is 27.5 Å². The minimum Gasteiger partial charge on any atom is -0.497 e. The number of hydrogen-bond acceptors (Lipinski definition) is 3. The summed E-state index contributed by atoms with van der Waals surface area (Å²) in [5.74, 6) is -0.00991. The third-order valence-corrected chi connectivity index (χ3v) is 4.31. The highest BCUT2D eigenvalue weighted by molar-refractivity contribution is 5.96. The van der Waals surface area contributed by atoms with Gasteiger partial charge < -0.3 is 15.4 Å². The van der Waals surface area contributed by atoms with Gasteiger partial charge in [0, 0.05) is 5.56 Å². The van der Waals surface area contributed by atoms with Gasteiger partial charge in [0.05, 0.1) is 19.7 Å². The summed E-state index contributed by atoms with van der Waals surface area (Å²) < 4.78 is 5.12. The van der Waals surface area contributed by atoms with E-state index in [1.165, 1.54) is 7.11 Å². The second-order valence-corrected chi connectivity index (χ2v) is 6.24. The Morgan fingerprint density at radius 2 is 1.46 bits per heavy atom. The van der Waals surface area contributed by atoms with Crippen LogP contribution in [0, 0.1) is 0 Å². The van der Waals surface area contributed by atoms with Crippen LogP contribution in [0.25, 0.3) is 0 Å². The fourth-order valence-corrected chi connectivity index (χ4v) is 2.89. The van der Waals surface area contributed by atoms with E-state index in [4.69, 9.17) is 4.74 Å². The highest BCUT2D eigenvalue weighted by Gasteiger charge is 2.17. The zero-order valence-electron chi connectivity index (χ0n) is 15.6. The molecule has 0 aromatic heterocycles. The molecule has 5 nitrogen and oxygen atoms in total. The van der Waals surface area contributed by atoms with E-state index in [-0.39, 0.29) is 24.4 Å². The first-order valence-corrected chi connectivity index (χ1v) is 8.99. The number of benzene rings is 3. The first-order valence-electron chi connectivity index (χ1n) is 8.99. The van der Waals surface area contributed by atoms with Crippen LogP contribution in [0.2, 0.25) is 0 Å². The predicted molar refractivity (Wildman–Crippen MR) is 108 cm³/mol. The number of nitrogens with one attached hydrogen (secondary N) is 2. The van der Waals surface area contributed by atoms with Crippen LogP contribution in [-0.4, -0.2) is 25.5 Å². The molecule has 0 saturated carbocycles. The van der Waals surface area contributed by atoms with Crippen LogP contribution in [0.3, 0.4) is 0 Å². The van der Waals surface area contributed by atoms with Crippen molar-refractivity contribution in [1.82, 2.24) is 10.6 Å². The molecule has 2 N–H and O–H groups in total. The molecule has 0 unspecified atom stereocenters. The Morgan fingerprint density at radius 1 is 0.857 bits per heavy atom. The Kier molecular flexibility index (Phi) is 6.41. The van der Waals surface area contributed by atoms with Gasteiger partial charge in [-0.2, -0.15) is 0 Å². The van der Waals surface area contributed by atoms with E-state index < -0.39 is 0 Å². The van der Waals surface area contributed by atoms with Crippen molar-refractivity contribution in [2.24, 2.45) is 0 Å². The van der Waals surface area contributed by atoms with Gasteiger partial charge in [0.2, 0.25) is 5.91 Å². The van der Waals surface area contributed by atoms with Crippen LogP contribution < -0.4 is 15.4 Å². The highest BCUT2D eigenvalue weighted by Crippen LogP contribution is 2.21.